The average Bonchev–Trinajstić information content (AvgIpc) is 2.73. The van der Waals surface area contributed by atoms with Crippen molar-refractivity contribution in [2.75, 3.05) is 24.2 Å². The quantitative estimate of drug-likeness (QED) is 0.497. The van der Waals surface area contributed by atoms with Gasteiger partial charge in [0.1, 0.15) is 12.6 Å². The maximum absolute atomic E-state index is 13.5. The number of carbonyl (C=O) groups is 2. The summed E-state index contributed by atoms with van der Waals surface area (Å²) in [6, 6.07) is 10.8. The van der Waals surface area contributed by atoms with E-state index in [1.54, 1.807) is 49.4 Å². The van der Waals surface area contributed by atoms with Crippen molar-refractivity contribution in [3.05, 3.63) is 62.5 Å². The summed E-state index contributed by atoms with van der Waals surface area (Å²) >= 11 is 15.9. The van der Waals surface area contributed by atoms with Crippen molar-refractivity contribution >= 4 is 66.7 Å². The van der Waals surface area contributed by atoms with E-state index < -0.39 is 28.5 Å². The van der Waals surface area contributed by atoms with E-state index in [1.807, 2.05) is 0 Å². The summed E-state index contributed by atoms with van der Waals surface area (Å²) in [4.78, 5) is 27.3. The van der Waals surface area contributed by atoms with Gasteiger partial charge in [0.05, 0.1) is 11.9 Å². The van der Waals surface area contributed by atoms with Gasteiger partial charge in [0.25, 0.3) is 0 Å². The molecule has 0 aromatic heterocycles. The number of amides is 2. The van der Waals surface area contributed by atoms with Gasteiger partial charge in [0.2, 0.25) is 21.8 Å². The van der Waals surface area contributed by atoms with Crippen LogP contribution in [0.25, 0.3) is 0 Å². The minimum absolute atomic E-state index is 0.0587. The van der Waals surface area contributed by atoms with Crippen molar-refractivity contribution in [1.82, 2.24) is 10.2 Å². The lowest BCUT2D eigenvalue weighted by Crippen LogP contribution is -2.51. The van der Waals surface area contributed by atoms with Crippen LogP contribution in [0.5, 0.6) is 0 Å². The molecular formula is C21H24BrCl2N3O4S. The fraction of sp³-hybridized carbons (Fsp3) is 0.333. The molecule has 0 saturated heterocycles. The van der Waals surface area contributed by atoms with Crippen LogP contribution in [0.2, 0.25) is 10.0 Å². The maximum Gasteiger partial charge on any atom is 0.244 e. The highest BCUT2D eigenvalue weighted by atomic mass is 79.9. The largest absolute Gasteiger partial charge is 0.357 e. The molecule has 0 radical (unpaired) electrons. The van der Waals surface area contributed by atoms with Gasteiger partial charge in [-0.3, -0.25) is 13.9 Å². The number of halogens is 3. The molecule has 2 aromatic rings. The smallest absolute Gasteiger partial charge is 0.244 e. The Bertz CT molecular complexity index is 1080. The number of hydrogen-bond acceptors (Lipinski definition) is 4. The molecule has 2 amide bonds. The third kappa shape index (κ3) is 6.37. The first-order valence-corrected chi connectivity index (χ1v) is 13.1. The fourth-order valence-electron chi connectivity index (χ4n) is 3.19. The number of carbonyl (C=O) groups excluding carboxylic acids is 2. The van der Waals surface area contributed by atoms with Crippen molar-refractivity contribution in [2.24, 2.45) is 0 Å². The molecule has 174 valence electrons. The highest BCUT2D eigenvalue weighted by Crippen LogP contribution is 2.29. The highest BCUT2D eigenvalue weighted by molar-refractivity contribution is 9.10. The van der Waals surface area contributed by atoms with E-state index in [1.165, 1.54) is 11.9 Å². The first-order valence-electron chi connectivity index (χ1n) is 9.67. The van der Waals surface area contributed by atoms with Gasteiger partial charge in [-0.25, -0.2) is 8.42 Å². The minimum atomic E-state index is -3.81. The van der Waals surface area contributed by atoms with Crippen LogP contribution in [0, 0.1) is 0 Å². The molecule has 7 nitrogen and oxygen atoms in total. The molecular weight excluding hydrogens is 541 g/mol. The Labute approximate surface area is 206 Å². The summed E-state index contributed by atoms with van der Waals surface area (Å²) in [6.45, 7) is 1.20. The van der Waals surface area contributed by atoms with E-state index in [0.29, 0.717) is 32.2 Å². The molecule has 2 aromatic carbocycles. The van der Waals surface area contributed by atoms with Gasteiger partial charge < -0.3 is 10.2 Å². The van der Waals surface area contributed by atoms with E-state index in [9.17, 15) is 18.0 Å². The van der Waals surface area contributed by atoms with Crippen LogP contribution in [0.1, 0.15) is 18.9 Å². The number of benzene rings is 2. The Morgan fingerprint density at radius 3 is 2.19 bits per heavy atom. The molecule has 0 bridgehead atoms. The Balaban J connectivity index is 2.50. The second-order valence-electron chi connectivity index (χ2n) is 6.98. The second kappa shape index (κ2) is 11.4. The van der Waals surface area contributed by atoms with Gasteiger partial charge in [-0.2, -0.15) is 0 Å². The Hall–Kier alpha value is -1.81. The summed E-state index contributed by atoms with van der Waals surface area (Å²) in [5, 5.41) is 3.23. The number of sulfonamides is 1. The molecule has 0 fully saturated rings. The van der Waals surface area contributed by atoms with Crippen LogP contribution < -0.4 is 9.62 Å². The van der Waals surface area contributed by atoms with Crippen molar-refractivity contribution in [3.8, 4) is 0 Å². The van der Waals surface area contributed by atoms with Gasteiger partial charge in [-0.1, -0.05) is 48.3 Å². The zero-order valence-electron chi connectivity index (χ0n) is 17.8. The molecule has 0 heterocycles. The molecule has 2 rings (SSSR count). The summed E-state index contributed by atoms with van der Waals surface area (Å²) in [7, 11) is -2.34. The van der Waals surface area contributed by atoms with Crippen LogP contribution in [-0.2, 0) is 26.2 Å². The van der Waals surface area contributed by atoms with Crippen molar-refractivity contribution in [1.29, 1.82) is 0 Å². The lowest BCUT2D eigenvalue weighted by atomic mass is 10.1. The Kier molecular flexibility index (Phi) is 9.39. The third-order valence-corrected chi connectivity index (χ3v) is 7.33. The SMILES string of the molecule is CCC(C(=O)NC)N(Cc1c(Cl)cccc1Cl)C(=O)CN(c1ccccc1Br)S(C)(=O)=O. The van der Waals surface area contributed by atoms with E-state index in [4.69, 9.17) is 23.2 Å². The number of hydrogen-bond donors (Lipinski definition) is 1. The predicted molar refractivity (Wildman–Crippen MR) is 131 cm³/mol. The average molecular weight is 565 g/mol. The molecule has 0 saturated carbocycles. The van der Waals surface area contributed by atoms with Crippen LogP contribution in [0.4, 0.5) is 5.69 Å². The van der Waals surface area contributed by atoms with Crippen LogP contribution in [0.3, 0.4) is 0 Å². The topological polar surface area (TPSA) is 86.8 Å². The normalized spacial score (nSPS) is 12.2. The number of rotatable bonds is 9. The van der Waals surface area contributed by atoms with Crippen molar-refractivity contribution in [3.63, 3.8) is 0 Å². The molecule has 1 unspecified atom stereocenters. The lowest BCUT2D eigenvalue weighted by Gasteiger charge is -2.33. The highest BCUT2D eigenvalue weighted by Gasteiger charge is 2.32. The number of nitrogens with zero attached hydrogens (tertiary/aromatic N) is 2. The Morgan fingerprint density at radius 2 is 1.69 bits per heavy atom. The van der Waals surface area contributed by atoms with Crippen molar-refractivity contribution in [2.45, 2.75) is 25.9 Å². The molecule has 0 aliphatic heterocycles. The van der Waals surface area contributed by atoms with Crippen LogP contribution >= 0.6 is 39.1 Å². The molecule has 32 heavy (non-hydrogen) atoms. The lowest BCUT2D eigenvalue weighted by molar-refractivity contribution is -0.140. The van der Waals surface area contributed by atoms with E-state index >= 15 is 0 Å². The zero-order chi connectivity index (χ0) is 24.1. The summed E-state index contributed by atoms with van der Waals surface area (Å²) in [6.07, 6.45) is 1.33. The van der Waals surface area contributed by atoms with Crippen molar-refractivity contribution < 1.29 is 18.0 Å². The maximum atomic E-state index is 13.5. The summed E-state index contributed by atoms with van der Waals surface area (Å²) in [5.41, 5.74) is 0.783. The fourth-order valence-corrected chi connectivity index (χ4v) is 5.18. The Morgan fingerprint density at radius 1 is 1.09 bits per heavy atom. The predicted octanol–water partition coefficient (Wildman–Crippen LogP) is 4.08. The van der Waals surface area contributed by atoms with Gasteiger partial charge >= 0.3 is 0 Å². The summed E-state index contributed by atoms with van der Waals surface area (Å²) in [5.74, 6) is -0.951. The standard InChI is InChI=1S/C21H24BrCl2N3O4S/c1-4-18(21(29)25-2)26(12-14-16(23)9-7-10-17(14)24)20(28)13-27(32(3,30)31)19-11-6-5-8-15(19)22/h5-11,18H,4,12-13H2,1-3H3,(H,25,29). The van der Waals surface area contributed by atoms with E-state index in [2.05, 4.69) is 21.2 Å². The molecule has 1 N–H and O–H groups in total. The van der Waals surface area contributed by atoms with Gasteiger partial charge in [0.15, 0.2) is 0 Å². The van der Waals surface area contributed by atoms with Gasteiger partial charge in [0, 0.05) is 33.7 Å². The minimum Gasteiger partial charge on any atom is -0.357 e. The first kappa shape index (κ1) is 26.4. The zero-order valence-corrected chi connectivity index (χ0v) is 21.7. The van der Waals surface area contributed by atoms with E-state index in [-0.39, 0.29) is 12.5 Å². The molecule has 0 aliphatic carbocycles. The monoisotopic (exact) mass is 563 g/mol. The third-order valence-electron chi connectivity index (χ3n) is 4.82. The van der Waals surface area contributed by atoms with Crippen LogP contribution in [0.15, 0.2) is 46.9 Å². The number of anilines is 1. The summed E-state index contributed by atoms with van der Waals surface area (Å²) < 4.78 is 26.6. The molecule has 0 spiro atoms. The van der Waals surface area contributed by atoms with Gasteiger partial charge in [-0.15, -0.1) is 0 Å². The van der Waals surface area contributed by atoms with Gasteiger partial charge in [-0.05, 0) is 46.6 Å². The first-order chi connectivity index (χ1) is 15.0. The number of nitrogens with one attached hydrogen (secondary N) is 1. The molecule has 1 atom stereocenters. The van der Waals surface area contributed by atoms with Crippen LogP contribution in [-0.4, -0.2) is 51.0 Å². The number of likely N-dealkylation sites (N-methyl/N-ethyl adjacent to an activating group) is 1. The van der Waals surface area contributed by atoms with E-state index in [0.717, 1.165) is 10.6 Å². The second-order valence-corrected chi connectivity index (χ2v) is 10.6. The molecule has 11 heteroatoms. The number of para-hydroxylation sites is 1. The molecule has 0 aliphatic rings.